The zero-order valence-electron chi connectivity index (χ0n) is 13.6. The second-order valence-corrected chi connectivity index (χ2v) is 6.44. The van der Waals surface area contributed by atoms with Crippen molar-refractivity contribution >= 4 is 5.91 Å². The molecule has 2 atom stereocenters. The van der Waals surface area contributed by atoms with Crippen molar-refractivity contribution in [3.05, 3.63) is 29.8 Å². The molecule has 1 aliphatic rings. The highest BCUT2D eigenvalue weighted by atomic mass is 16.5. The number of benzene rings is 1. The smallest absolute Gasteiger partial charge is 0.260 e. The number of amides is 1. The Morgan fingerprint density at radius 3 is 2.29 bits per heavy atom. The fourth-order valence-electron chi connectivity index (χ4n) is 3.08. The summed E-state index contributed by atoms with van der Waals surface area (Å²) in [6, 6.07) is 8.69. The van der Waals surface area contributed by atoms with Gasteiger partial charge < -0.3 is 9.64 Å². The summed E-state index contributed by atoms with van der Waals surface area (Å²) in [5, 5.41) is 0. The Morgan fingerprint density at radius 2 is 1.76 bits per heavy atom. The molecule has 1 amide bonds. The molecular weight excluding hydrogens is 262 g/mol. The normalized spacial score (nSPS) is 22.4. The minimum Gasteiger partial charge on any atom is -0.484 e. The third-order valence-corrected chi connectivity index (χ3v) is 4.39. The number of carbonyl (C=O) groups is 1. The molecular formula is C18H27NO2. The lowest BCUT2D eigenvalue weighted by molar-refractivity contribution is -0.139. The Balaban J connectivity index is 1.91. The van der Waals surface area contributed by atoms with E-state index in [0.29, 0.717) is 18.0 Å². The number of hydrogen-bond donors (Lipinski definition) is 0. The first-order chi connectivity index (χ1) is 9.99. The average Bonchev–Trinajstić information content (AvgIpc) is 2.45. The zero-order chi connectivity index (χ0) is 15.4. The standard InChI is InChI=1S/C18H27NO2/c1-13(2)16-8-10-17(11-9-16)21-12-18(20)19-14(3)6-5-7-15(19)4/h8-11,13-15H,5-7,12H2,1-4H3/t14-,15-/m0/s1. The van der Waals surface area contributed by atoms with Crippen LogP contribution in [-0.2, 0) is 4.79 Å². The molecule has 1 saturated heterocycles. The molecule has 21 heavy (non-hydrogen) atoms. The Kier molecular flexibility index (Phi) is 5.27. The van der Waals surface area contributed by atoms with Gasteiger partial charge >= 0.3 is 0 Å². The summed E-state index contributed by atoms with van der Waals surface area (Å²) in [5.74, 6) is 1.38. The molecule has 0 aliphatic carbocycles. The van der Waals surface area contributed by atoms with Gasteiger partial charge in [-0.25, -0.2) is 0 Å². The Hall–Kier alpha value is -1.51. The van der Waals surface area contributed by atoms with E-state index in [4.69, 9.17) is 4.74 Å². The minimum atomic E-state index is 0.0997. The Morgan fingerprint density at radius 1 is 1.19 bits per heavy atom. The molecule has 3 nitrogen and oxygen atoms in total. The van der Waals surface area contributed by atoms with E-state index in [2.05, 4.69) is 39.8 Å². The van der Waals surface area contributed by atoms with Gasteiger partial charge in [-0.1, -0.05) is 26.0 Å². The van der Waals surface area contributed by atoms with Crippen LogP contribution in [0.25, 0.3) is 0 Å². The van der Waals surface area contributed by atoms with Crippen LogP contribution in [0.2, 0.25) is 0 Å². The molecule has 0 saturated carbocycles. The first-order valence-electron chi connectivity index (χ1n) is 8.03. The SMILES string of the molecule is CC(C)c1ccc(OCC(=O)N2[C@@H](C)CCC[C@@H]2C)cc1. The number of likely N-dealkylation sites (tertiary alicyclic amines) is 1. The molecule has 0 N–H and O–H groups in total. The molecule has 1 fully saturated rings. The molecule has 0 bridgehead atoms. The fourth-order valence-corrected chi connectivity index (χ4v) is 3.08. The van der Waals surface area contributed by atoms with E-state index in [-0.39, 0.29) is 12.5 Å². The first kappa shape index (κ1) is 15.9. The molecule has 0 aromatic heterocycles. The number of ether oxygens (including phenoxy) is 1. The molecule has 2 rings (SSSR count). The third kappa shape index (κ3) is 3.99. The number of rotatable bonds is 4. The van der Waals surface area contributed by atoms with Gasteiger partial charge in [0, 0.05) is 12.1 Å². The van der Waals surface area contributed by atoms with E-state index in [1.807, 2.05) is 17.0 Å². The number of carbonyl (C=O) groups excluding carboxylic acids is 1. The van der Waals surface area contributed by atoms with Crippen molar-refractivity contribution in [2.24, 2.45) is 0 Å². The summed E-state index contributed by atoms with van der Waals surface area (Å²) in [7, 11) is 0. The van der Waals surface area contributed by atoms with Gasteiger partial charge in [0.25, 0.3) is 5.91 Å². The third-order valence-electron chi connectivity index (χ3n) is 4.39. The molecule has 1 aromatic carbocycles. The van der Waals surface area contributed by atoms with Crippen LogP contribution < -0.4 is 4.74 Å². The van der Waals surface area contributed by atoms with E-state index in [1.54, 1.807) is 0 Å². The minimum absolute atomic E-state index is 0.0997. The maximum atomic E-state index is 12.4. The summed E-state index contributed by atoms with van der Waals surface area (Å²) >= 11 is 0. The van der Waals surface area contributed by atoms with Crippen LogP contribution >= 0.6 is 0 Å². The first-order valence-corrected chi connectivity index (χ1v) is 8.03. The maximum absolute atomic E-state index is 12.4. The lowest BCUT2D eigenvalue weighted by Crippen LogP contribution is -2.49. The van der Waals surface area contributed by atoms with Gasteiger partial charge in [0.05, 0.1) is 0 Å². The molecule has 0 radical (unpaired) electrons. The topological polar surface area (TPSA) is 29.5 Å². The molecule has 0 spiro atoms. The highest BCUT2D eigenvalue weighted by molar-refractivity contribution is 5.78. The van der Waals surface area contributed by atoms with Crippen molar-refractivity contribution < 1.29 is 9.53 Å². The van der Waals surface area contributed by atoms with Gasteiger partial charge in [-0.05, 0) is 56.7 Å². The van der Waals surface area contributed by atoms with E-state index < -0.39 is 0 Å². The largest absolute Gasteiger partial charge is 0.484 e. The second kappa shape index (κ2) is 6.97. The van der Waals surface area contributed by atoms with Crippen LogP contribution in [0.3, 0.4) is 0 Å². The van der Waals surface area contributed by atoms with Crippen LogP contribution in [0.15, 0.2) is 24.3 Å². The van der Waals surface area contributed by atoms with Crippen LogP contribution in [0.1, 0.15) is 58.4 Å². The van der Waals surface area contributed by atoms with E-state index in [0.717, 1.165) is 18.6 Å². The molecule has 0 unspecified atom stereocenters. The van der Waals surface area contributed by atoms with Crippen LogP contribution in [0.5, 0.6) is 5.75 Å². The van der Waals surface area contributed by atoms with Crippen molar-refractivity contribution in [1.29, 1.82) is 0 Å². The molecule has 3 heteroatoms. The highest BCUT2D eigenvalue weighted by Gasteiger charge is 2.28. The van der Waals surface area contributed by atoms with Crippen molar-refractivity contribution in [3.63, 3.8) is 0 Å². The lowest BCUT2D eigenvalue weighted by atomic mass is 9.97. The maximum Gasteiger partial charge on any atom is 0.260 e. The van der Waals surface area contributed by atoms with Crippen molar-refractivity contribution in [1.82, 2.24) is 4.90 Å². The second-order valence-electron chi connectivity index (χ2n) is 6.44. The Labute approximate surface area is 128 Å². The summed E-state index contributed by atoms with van der Waals surface area (Å²) in [4.78, 5) is 14.4. The van der Waals surface area contributed by atoms with Gasteiger partial charge in [0.1, 0.15) is 5.75 Å². The number of hydrogen-bond acceptors (Lipinski definition) is 2. The summed E-state index contributed by atoms with van der Waals surface area (Å²) in [5.41, 5.74) is 1.28. The van der Waals surface area contributed by atoms with Gasteiger partial charge in [-0.15, -0.1) is 0 Å². The van der Waals surface area contributed by atoms with E-state index in [9.17, 15) is 4.79 Å². The number of piperidine rings is 1. The van der Waals surface area contributed by atoms with E-state index >= 15 is 0 Å². The van der Waals surface area contributed by atoms with Crippen LogP contribution in [0, 0.1) is 0 Å². The highest BCUT2D eigenvalue weighted by Crippen LogP contribution is 2.23. The monoisotopic (exact) mass is 289 g/mol. The lowest BCUT2D eigenvalue weighted by Gasteiger charge is -2.38. The molecule has 116 valence electrons. The molecule has 1 heterocycles. The van der Waals surface area contributed by atoms with E-state index in [1.165, 1.54) is 12.0 Å². The number of nitrogens with zero attached hydrogens (tertiary/aromatic N) is 1. The van der Waals surface area contributed by atoms with Gasteiger partial charge in [0.2, 0.25) is 0 Å². The van der Waals surface area contributed by atoms with Gasteiger partial charge in [-0.3, -0.25) is 4.79 Å². The van der Waals surface area contributed by atoms with Gasteiger partial charge in [-0.2, -0.15) is 0 Å². The van der Waals surface area contributed by atoms with Gasteiger partial charge in [0.15, 0.2) is 6.61 Å². The van der Waals surface area contributed by atoms with Crippen molar-refractivity contribution in [3.8, 4) is 5.75 Å². The predicted molar refractivity (Wildman–Crippen MR) is 85.6 cm³/mol. The van der Waals surface area contributed by atoms with Crippen molar-refractivity contribution in [2.75, 3.05) is 6.61 Å². The van der Waals surface area contributed by atoms with Crippen LogP contribution in [-0.4, -0.2) is 29.5 Å². The quantitative estimate of drug-likeness (QED) is 0.839. The molecule has 1 aromatic rings. The zero-order valence-corrected chi connectivity index (χ0v) is 13.6. The Bertz CT molecular complexity index is 457. The molecule has 1 aliphatic heterocycles. The predicted octanol–water partition coefficient (Wildman–Crippen LogP) is 3.98. The summed E-state index contributed by atoms with van der Waals surface area (Å²) < 4.78 is 5.66. The summed E-state index contributed by atoms with van der Waals surface area (Å²) in [6.07, 6.45) is 3.40. The average molecular weight is 289 g/mol. The fraction of sp³-hybridized carbons (Fsp3) is 0.611. The van der Waals surface area contributed by atoms with Crippen molar-refractivity contribution in [2.45, 2.75) is 65.0 Å². The summed E-state index contributed by atoms with van der Waals surface area (Å²) in [6.45, 7) is 8.72. The van der Waals surface area contributed by atoms with Crippen LogP contribution in [0.4, 0.5) is 0 Å².